The molecular weight excluding hydrogens is 1170 g/mol. The maximum absolute atomic E-state index is 11.3. The zero-order valence-corrected chi connectivity index (χ0v) is 64.7. The van der Waals surface area contributed by atoms with Crippen LogP contribution in [0.1, 0.15) is 474 Å². The second kappa shape index (κ2) is 69.9. The van der Waals surface area contributed by atoms with Crippen molar-refractivity contribution in [1.29, 1.82) is 0 Å². The zero-order chi connectivity index (χ0) is 66.5. The Bertz CT molecular complexity index is 1850. The van der Waals surface area contributed by atoms with E-state index in [4.69, 9.17) is 0 Å². The van der Waals surface area contributed by atoms with E-state index in [1.807, 2.05) is 0 Å². The summed E-state index contributed by atoms with van der Waals surface area (Å²) in [5.41, 5.74) is 19.3. The number of hydrogen-bond acceptors (Lipinski definition) is 0. The predicted octanol–water partition coefficient (Wildman–Crippen LogP) is 32.9. The third-order valence-corrected chi connectivity index (χ3v) is 22.0. The summed E-state index contributed by atoms with van der Waals surface area (Å²) in [6.45, 7) is 11.3. The predicted molar refractivity (Wildman–Crippen MR) is 417 cm³/mol. The van der Waals surface area contributed by atoms with Gasteiger partial charge in [-0.2, -0.15) is 0 Å². The van der Waals surface area contributed by atoms with E-state index in [-0.39, 0.29) is 0 Å². The number of allylic oxidation sites excluding steroid dienone is 2. The van der Waals surface area contributed by atoms with E-state index in [2.05, 4.69) is 104 Å². The molecule has 0 saturated carbocycles. The van der Waals surface area contributed by atoms with Gasteiger partial charge in [-0.15, -0.1) is 0 Å². The summed E-state index contributed by atoms with van der Waals surface area (Å²) in [4.78, 5) is 0. The Morgan fingerprint density at radius 1 is 0.237 bits per heavy atom. The number of hydrogen-bond donors (Lipinski definition) is 0. The van der Waals surface area contributed by atoms with Gasteiger partial charge in [0.25, 0.3) is 0 Å². The summed E-state index contributed by atoms with van der Waals surface area (Å²) in [5, 5.41) is 2.87. The standard InChI is InChI=1S/C30H40N2.2C30H61.Ni/c1-4-7-10-11-14-28-23-29(26-19-15-24(16-20-26)12-8-5-2)32(31)30(28)27-21-17-25(18-22-27)13-9-6-3;2*1-3-5-7-9-11-13-15-17-19-21-23-25-27-29-30-28-26-24-22-20-18-16-14-12-10-8-6-4-2;/h15-23H,4-14H2,1-3H3;2*1,3-30H2,2H3;. The molecule has 0 saturated heterocycles. The molecule has 0 N–H and O–H groups in total. The minimum absolute atomic E-state index is 0.891. The van der Waals surface area contributed by atoms with Gasteiger partial charge in [-0.1, -0.05) is 309 Å². The Balaban J connectivity index is 0.000000762. The van der Waals surface area contributed by atoms with Crippen molar-refractivity contribution in [2.75, 3.05) is 0 Å². The van der Waals surface area contributed by atoms with Crippen molar-refractivity contribution in [3.05, 3.63) is 88.0 Å². The van der Waals surface area contributed by atoms with Crippen LogP contribution in [0.4, 0.5) is 0 Å². The molecule has 0 amide bonds. The van der Waals surface area contributed by atoms with E-state index < -0.39 is 0 Å². The van der Waals surface area contributed by atoms with Crippen molar-refractivity contribution in [2.24, 2.45) is 0 Å². The van der Waals surface area contributed by atoms with Crippen LogP contribution in [0.15, 0.2) is 60.2 Å². The van der Waals surface area contributed by atoms with Crippen LogP contribution in [0.25, 0.3) is 16.9 Å². The third kappa shape index (κ3) is 53.6. The van der Waals surface area contributed by atoms with Gasteiger partial charge in [-0.3, -0.25) is 0 Å². The molecule has 2 nitrogen and oxygen atoms in total. The van der Waals surface area contributed by atoms with Gasteiger partial charge in [0.1, 0.15) is 0 Å². The van der Waals surface area contributed by atoms with Crippen LogP contribution >= 0.6 is 0 Å². The van der Waals surface area contributed by atoms with Gasteiger partial charge >= 0.3 is 166 Å². The molecule has 3 heteroatoms. The molecule has 3 rings (SSSR count). The molecule has 0 unspecified atom stereocenters. The van der Waals surface area contributed by atoms with Gasteiger partial charge in [0.05, 0.1) is 0 Å². The Morgan fingerprint density at radius 2 is 0.452 bits per heavy atom. The van der Waals surface area contributed by atoms with E-state index in [0.29, 0.717) is 0 Å². The molecule has 1 aliphatic rings. The summed E-state index contributed by atoms with van der Waals surface area (Å²) >= 11 is 2.06. The Hall–Kier alpha value is -1.99. The topological polar surface area (TPSA) is 25.3 Å². The molecule has 0 atom stereocenters. The Labute approximate surface area is 590 Å². The van der Waals surface area contributed by atoms with E-state index in [0.717, 1.165) is 48.2 Å². The minimum atomic E-state index is 0.891. The normalized spacial score (nSPS) is 12.4. The van der Waals surface area contributed by atoms with E-state index >= 15 is 0 Å². The van der Waals surface area contributed by atoms with Crippen molar-refractivity contribution in [1.82, 2.24) is 0 Å². The van der Waals surface area contributed by atoms with Gasteiger partial charge < -0.3 is 5.53 Å². The fourth-order valence-corrected chi connectivity index (χ4v) is 15.4. The van der Waals surface area contributed by atoms with Crippen LogP contribution in [0.5, 0.6) is 0 Å². The molecule has 1 aliphatic heterocycles. The molecule has 0 bridgehead atoms. The van der Waals surface area contributed by atoms with Gasteiger partial charge in [0.2, 0.25) is 11.4 Å². The molecule has 1 heterocycles. The fraction of sp³-hybridized carbons (Fsp3) is 0.822. The smallest absolute Gasteiger partial charge is 0.0654 e. The summed E-state index contributed by atoms with van der Waals surface area (Å²) in [6, 6.07) is 17.5. The van der Waals surface area contributed by atoms with Gasteiger partial charge in [0, 0.05) is 22.8 Å². The molecule has 0 aliphatic carbocycles. The van der Waals surface area contributed by atoms with E-state index in [1.54, 1.807) is 0 Å². The van der Waals surface area contributed by atoms with Crippen molar-refractivity contribution in [3.8, 4) is 0 Å². The monoisotopic (exact) mass is 1330 g/mol. The van der Waals surface area contributed by atoms with Crippen molar-refractivity contribution >= 4 is 11.4 Å². The minimum Gasteiger partial charge on any atom is -0.0654 e. The van der Waals surface area contributed by atoms with E-state index in [1.165, 1.54) is 437 Å². The summed E-state index contributed by atoms with van der Waals surface area (Å²) < 4.78 is 1.43. The third-order valence-electron chi connectivity index (χ3n) is 20.6. The molecule has 2 aromatic carbocycles. The summed E-state index contributed by atoms with van der Waals surface area (Å²) in [7, 11) is 0. The van der Waals surface area contributed by atoms with Gasteiger partial charge in [0.15, 0.2) is 0 Å². The first-order valence-electron chi connectivity index (χ1n) is 42.7. The first kappa shape index (κ1) is 87.1. The number of rotatable bonds is 71. The van der Waals surface area contributed by atoms with Crippen molar-refractivity contribution < 1.29 is 19.1 Å². The Morgan fingerprint density at radius 3 is 0.699 bits per heavy atom. The molecule has 0 radical (unpaired) electrons. The van der Waals surface area contributed by atoms with Crippen LogP contribution in [-0.4, -0.2) is 4.70 Å². The van der Waals surface area contributed by atoms with Crippen LogP contribution in [0, 0.1) is 0 Å². The second-order valence-corrected chi connectivity index (χ2v) is 31.2. The fourth-order valence-electron chi connectivity index (χ4n) is 14.2. The average molecular weight is 1330 g/mol. The summed E-state index contributed by atoms with van der Waals surface area (Å²) in [5.74, 6) is 0. The molecule has 93 heavy (non-hydrogen) atoms. The van der Waals surface area contributed by atoms with Crippen LogP contribution in [0.2, 0.25) is 10.8 Å². The second-order valence-electron chi connectivity index (χ2n) is 29.7. The molecule has 2 aromatic rings. The number of aryl methyl sites for hydroxylation is 2. The number of nitrogens with zero attached hydrogens (tertiary/aromatic N) is 2. The maximum atomic E-state index is 11.3. The molecule has 0 aromatic heterocycles. The molecule has 542 valence electrons. The first-order valence-corrected chi connectivity index (χ1v) is 44.1. The van der Waals surface area contributed by atoms with Crippen molar-refractivity contribution in [3.63, 3.8) is 0 Å². The van der Waals surface area contributed by atoms with Crippen molar-refractivity contribution in [2.45, 2.75) is 476 Å². The SMILES string of the molecule is CCCCCCC1=C(c2ccc(CCCC)cc2)[N+](=[N-])C(c2ccc(CCCC)cc2)=C1.CCCCCCCCCCCCCCCCCCCCCCCCCCCCC[CH2][Ni][CH2]CCCCCCCCCCCCCCCCCCCCCCCCCCCCC. The van der Waals surface area contributed by atoms with Crippen LogP contribution in [-0.2, 0) is 27.3 Å². The number of unbranched alkanes of at least 4 members (excludes halogenated alkanes) is 59. The molecule has 0 spiro atoms. The van der Waals surface area contributed by atoms with Crippen LogP contribution < -0.4 is 0 Å². The molecular formula is C90H162N2Ni. The van der Waals surface area contributed by atoms with Crippen LogP contribution in [0.3, 0.4) is 0 Å². The van der Waals surface area contributed by atoms with E-state index in [9.17, 15) is 5.53 Å². The molecule has 0 fully saturated rings. The zero-order valence-electron chi connectivity index (χ0n) is 63.7. The summed E-state index contributed by atoms with van der Waals surface area (Å²) in [6.07, 6.45) is 98.4. The average Bonchev–Trinajstić information content (AvgIpc) is 1.66. The first-order chi connectivity index (χ1) is 46.1. The quantitative estimate of drug-likeness (QED) is 0.0358. The van der Waals surface area contributed by atoms with Gasteiger partial charge in [-0.25, -0.2) is 4.70 Å². The number of benzene rings is 2. The Kier molecular flexibility index (Phi) is 65.5. The van der Waals surface area contributed by atoms with Gasteiger partial charge in [-0.05, 0) is 73.9 Å².